The first-order valence-electron chi connectivity index (χ1n) is 6.11. The van der Waals surface area contributed by atoms with Crippen LogP contribution in [0.5, 0.6) is 0 Å². The van der Waals surface area contributed by atoms with E-state index in [4.69, 9.17) is 4.18 Å². The Balaban J connectivity index is 1.71. The van der Waals surface area contributed by atoms with Gasteiger partial charge in [0.1, 0.15) is 0 Å². The predicted molar refractivity (Wildman–Crippen MR) is 62.7 cm³/mol. The molecule has 2 aliphatic rings. The quantitative estimate of drug-likeness (QED) is 0.682. The van der Waals surface area contributed by atoms with Crippen LogP contribution in [0.25, 0.3) is 0 Å². The molecule has 16 heavy (non-hydrogen) atoms. The zero-order chi connectivity index (χ0) is 11.6. The second-order valence-electron chi connectivity index (χ2n) is 5.09. The molecule has 0 radical (unpaired) electrons. The Morgan fingerprint density at radius 3 is 2.31 bits per heavy atom. The molecule has 0 aromatic rings. The van der Waals surface area contributed by atoms with E-state index in [1.165, 1.54) is 32.4 Å². The highest BCUT2D eigenvalue weighted by molar-refractivity contribution is 7.85. The third-order valence-corrected chi connectivity index (χ3v) is 4.33. The Hall–Kier alpha value is -0.130. The van der Waals surface area contributed by atoms with Crippen molar-refractivity contribution in [2.24, 2.45) is 11.8 Å². The van der Waals surface area contributed by atoms with Gasteiger partial charge in [0.15, 0.2) is 0 Å². The summed E-state index contributed by atoms with van der Waals surface area (Å²) in [5.74, 6) is 1.11. The standard InChI is InChI=1S/C11H21NO3S/c1-16(13,14)15-9-11-5-4-10(11)8-12-6-2-3-7-12/h10-11H,2-9H2,1H3. The maximum atomic E-state index is 10.9. The van der Waals surface area contributed by atoms with Gasteiger partial charge in [0.25, 0.3) is 10.1 Å². The zero-order valence-corrected chi connectivity index (χ0v) is 10.7. The van der Waals surface area contributed by atoms with Gasteiger partial charge in [0.05, 0.1) is 12.9 Å². The van der Waals surface area contributed by atoms with Gasteiger partial charge in [-0.25, -0.2) is 0 Å². The summed E-state index contributed by atoms with van der Waals surface area (Å²) in [6, 6.07) is 0. The van der Waals surface area contributed by atoms with Gasteiger partial charge in [-0.1, -0.05) is 0 Å². The highest BCUT2D eigenvalue weighted by Gasteiger charge is 2.33. The molecule has 1 aliphatic heterocycles. The molecule has 2 fully saturated rings. The van der Waals surface area contributed by atoms with E-state index < -0.39 is 10.1 Å². The van der Waals surface area contributed by atoms with Crippen LogP contribution in [-0.2, 0) is 14.3 Å². The second-order valence-corrected chi connectivity index (χ2v) is 6.74. The maximum absolute atomic E-state index is 10.9. The molecular weight excluding hydrogens is 226 g/mol. The molecule has 5 heteroatoms. The molecule has 0 bridgehead atoms. The molecule has 1 aliphatic carbocycles. The lowest BCUT2D eigenvalue weighted by atomic mass is 9.74. The van der Waals surface area contributed by atoms with Gasteiger partial charge in [-0.05, 0) is 50.6 Å². The Morgan fingerprint density at radius 1 is 1.19 bits per heavy atom. The van der Waals surface area contributed by atoms with Crippen molar-refractivity contribution in [3.8, 4) is 0 Å². The van der Waals surface area contributed by atoms with Crippen molar-refractivity contribution < 1.29 is 12.6 Å². The van der Waals surface area contributed by atoms with Gasteiger partial charge in [0, 0.05) is 6.54 Å². The van der Waals surface area contributed by atoms with Gasteiger partial charge in [-0.15, -0.1) is 0 Å². The fourth-order valence-electron chi connectivity index (χ4n) is 2.61. The third kappa shape index (κ3) is 3.43. The minimum atomic E-state index is -3.26. The fraction of sp³-hybridized carbons (Fsp3) is 1.00. The topological polar surface area (TPSA) is 46.6 Å². The third-order valence-electron chi connectivity index (χ3n) is 3.76. The molecular formula is C11H21NO3S. The summed E-state index contributed by atoms with van der Waals surface area (Å²) in [6.45, 7) is 3.96. The summed E-state index contributed by atoms with van der Waals surface area (Å²) in [6.07, 6.45) is 6.11. The SMILES string of the molecule is CS(=O)(=O)OCC1CCC1CN1CCCC1. The van der Waals surface area contributed by atoms with Gasteiger partial charge in [0.2, 0.25) is 0 Å². The molecule has 0 spiro atoms. The van der Waals surface area contributed by atoms with E-state index in [1.807, 2.05) is 0 Å². The summed E-state index contributed by atoms with van der Waals surface area (Å²) in [5.41, 5.74) is 0. The van der Waals surface area contributed by atoms with Crippen molar-refractivity contribution in [3.63, 3.8) is 0 Å². The van der Waals surface area contributed by atoms with Crippen molar-refractivity contribution in [2.45, 2.75) is 25.7 Å². The maximum Gasteiger partial charge on any atom is 0.264 e. The van der Waals surface area contributed by atoms with E-state index in [1.54, 1.807) is 0 Å². The summed E-state index contributed by atoms with van der Waals surface area (Å²) in [4.78, 5) is 2.50. The van der Waals surface area contributed by atoms with E-state index in [0.29, 0.717) is 18.4 Å². The Morgan fingerprint density at radius 2 is 1.81 bits per heavy atom. The van der Waals surface area contributed by atoms with Crippen LogP contribution in [0.3, 0.4) is 0 Å². The molecule has 0 aromatic carbocycles. The van der Waals surface area contributed by atoms with Crippen LogP contribution in [0.1, 0.15) is 25.7 Å². The number of rotatable bonds is 5. The molecule has 2 unspecified atom stereocenters. The zero-order valence-electron chi connectivity index (χ0n) is 9.89. The second kappa shape index (κ2) is 5.02. The van der Waals surface area contributed by atoms with Crippen LogP contribution >= 0.6 is 0 Å². The average molecular weight is 247 g/mol. The van der Waals surface area contributed by atoms with E-state index in [-0.39, 0.29) is 0 Å². The van der Waals surface area contributed by atoms with Crippen LogP contribution in [-0.4, -0.2) is 45.8 Å². The molecule has 94 valence electrons. The van der Waals surface area contributed by atoms with Crippen LogP contribution in [0.15, 0.2) is 0 Å². The lowest BCUT2D eigenvalue weighted by Crippen LogP contribution is -2.39. The molecule has 1 heterocycles. The van der Waals surface area contributed by atoms with Crippen LogP contribution in [0.2, 0.25) is 0 Å². The average Bonchev–Trinajstić information content (AvgIpc) is 2.63. The minimum Gasteiger partial charge on any atom is -0.303 e. The van der Waals surface area contributed by atoms with Crippen molar-refractivity contribution in [1.82, 2.24) is 4.90 Å². The van der Waals surface area contributed by atoms with Crippen LogP contribution in [0, 0.1) is 11.8 Å². The molecule has 1 saturated heterocycles. The van der Waals surface area contributed by atoms with Crippen molar-refractivity contribution in [2.75, 3.05) is 32.5 Å². The van der Waals surface area contributed by atoms with Crippen molar-refractivity contribution in [3.05, 3.63) is 0 Å². The Bertz CT molecular complexity index is 322. The van der Waals surface area contributed by atoms with Gasteiger partial charge in [-0.2, -0.15) is 8.42 Å². The molecule has 0 N–H and O–H groups in total. The molecule has 2 rings (SSSR count). The van der Waals surface area contributed by atoms with Crippen LogP contribution < -0.4 is 0 Å². The summed E-state index contributed by atoms with van der Waals surface area (Å²) in [5, 5.41) is 0. The first-order valence-corrected chi connectivity index (χ1v) is 7.93. The van der Waals surface area contributed by atoms with E-state index >= 15 is 0 Å². The molecule has 0 aromatic heterocycles. The monoisotopic (exact) mass is 247 g/mol. The molecule has 2 atom stereocenters. The highest BCUT2D eigenvalue weighted by Crippen LogP contribution is 2.35. The summed E-state index contributed by atoms with van der Waals surface area (Å²) < 4.78 is 26.7. The minimum absolute atomic E-state index is 0.386. The van der Waals surface area contributed by atoms with Gasteiger partial charge in [-0.3, -0.25) is 4.18 Å². The van der Waals surface area contributed by atoms with E-state index in [9.17, 15) is 8.42 Å². The lowest BCUT2D eigenvalue weighted by molar-refractivity contribution is 0.0780. The van der Waals surface area contributed by atoms with Crippen molar-refractivity contribution >= 4 is 10.1 Å². The Kier molecular flexibility index (Phi) is 3.87. The lowest BCUT2D eigenvalue weighted by Gasteiger charge is -2.38. The smallest absolute Gasteiger partial charge is 0.264 e. The summed E-state index contributed by atoms with van der Waals surface area (Å²) >= 11 is 0. The van der Waals surface area contributed by atoms with Crippen LogP contribution in [0.4, 0.5) is 0 Å². The molecule has 0 amide bonds. The highest BCUT2D eigenvalue weighted by atomic mass is 32.2. The van der Waals surface area contributed by atoms with Gasteiger partial charge >= 0.3 is 0 Å². The largest absolute Gasteiger partial charge is 0.303 e. The number of nitrogens with zero attached hydrogens (tertiary/aromatic N) is 1. The number of hydrogen-bond acceptors (Lipinski definition) is 4. The first-order chi connectivity index (χ1) is 7.54. The van der Waals surface area contributed by atoms with E-state index in [0.717, 1.165) is 19.2 Å². The molecule has 4 nitrogen and oxygen atoms in total. The fourth-order valence-corrected chi connectivity index (χ4v) is 3.03. The number of likely N-dealkylation sites (tertiary alicyclic amines) is 1. The van der Waals surface area contributed by atoms with E-state index in [2.05, 4.69) is 4.90 Å². The Labute approximate surface area is 98.1 Å². The van der Waals surface area contributed by atoms with Gasteiger partial charge < -0.3 is 4.90 Å². The predicted octanol–water partition coefficient (Wildman–Crippen LogP) is 1.08. The first kappa shape index (κ1) is 12.3. The van der Waals surface area contributed by atoms with Crippen molar-refractivity contribution in [1.29, 1.82) is 0 Å². The normalized spacial score (nSPS) is 31.6. The summed E-state index contributed by atoms with van der Waals surface area (Å²) in [7, 11) is -3.26. The number of hydrogen-bond donors (Lipinski definition) is 0. The molecule has 1 saturated carbocycles.